The van der Waals surface area contributed by atoms with Crippen LogP contribution in [0, 0.1) is 0 Å². The number of nitrogens with one attached hydrogen (secondary N) is 1. The van der Waals surface area contributed by atoms with Crippen molar-refractivity contribution in [3.8, 4) is 0 Å². The third-order valence-electron chi connectivity index (χ3n) is 3.40. The molecule has 1 rings (SSSR count). The summed E-state index contributed by atoms with van der Waals surface area (Å²) >= 11 is 0. The van der Waals surface area contributed by atoms with Crippen LogP contribution in [0.15, 0.2) is 30.3 Å². The molecule has 1 aromatic rings. The van der Waals surface area contributed by atoms with E-state index in [-0.39, 0.29) is 26.2 Å². The van der Waals surface area contributed by atoms with E-state index < -0.39 is 29.5 Å². The van der Waals surface area contributed by atoms with Crippen molar-refractivity contribution in [3.63, 3.8) is 0 Å². The summed E-state index contributed by atoms with van der Waals surface area (Å²) in [5, 5.41) is 12.1. The fourth-order valence-corrected chi connectivity index (χ4v) is 2.22. The summed E-state index contributed by atoms with van der Waals surface area (Å²) in [4.78, 5) is 35.0. The molecule has 1 atom stereocenters. The highest BCUT2D eigenvalue weighted by Crippen LogP contribution is 2.14. The van der Waals surface area contributed by atoms with Gasteiger partial charge < -0.3 is 19.3 Å². The first-order valence-corrected chi connectivity index (χ1v) is 8.08. The Morgan fingerprint density at radius 1 is 1.12 bits per heavy atom. The van der Waals surface area contributed by atoms with Crippen LogP contribution in [0.25, 0.3) is 0 Å². The summed E-state index contributed by atoms with van der Waals surface area (Å²) in [6.45, 7) is 3.21. The third kappa shape index (κ3) is 8.59. The summed E-state index contributed by atoms with van der Waals surface area (Å²) in [5.74, 6) is -2.41. The van der Waals surface area contributed by atoms with Crippen LogP contribution < -0.4 is 5.32 Å². The summed E-state index contributed by atoms with van der Waals surface area (Å²) < 4.78 is 14.5. The summed E-state index contributed by atoms with van der Waals surface area (Å²) in [5.41, 5.74) is -0.0332. The lowest BCUT2D eigenvalue weighted by Gasteiger charge is -2.29. The van der Waals surface area contributed by atoms with E-state index in [0.29, 0.717) is 0 Å². The number of carbonyl (C=O) groups excluding carboxylic acids is 2. The molecular formula is C18H25NO7. The number of methoxy groups -OCH3 is 1. The molecule has 1 aromatic carbocycles. The number of carboxylic acid groups (broad SMARTS) is 1. The molecule has 0 amide bonds. The predicted molar refractivity (Wildman–Crippen MR) is 92.1 cm³/mol. The Bertz CT molecular complexity index is 601. The van der Waals surface area contributed by atoms with Crippen molar-refractivity contribution in [2.24, 2.45) is 0 Å². The maximum Gasteiger partial charge on any atom is 0.321 e. The molecular weight excluding hydrogens is 342 g/mol. The van der Waals surface area contributed by atoms with Crippen molar-refractivity contribution in [2.75, 3.05) is 13.9 Å². The van der Waals surface area contributed by atoms with Crippen LogP contribution in [-0.4, -0.2) is 48.5 Å². The molecule has 0 saturated heterocycles. The van der Waals surface area contributed by atoms with Gasteiger partial charge >= 0.3 is 17.9 Å². The average molecular weight is 367 g/mol. The zero-order chi connectivity index (χ0) is 19.6. The van der Waals surface area contributed by atoms with Crippen molar-refractivity contribution < 1.29 is 33.7 Å². The highest BCUT2D eigenvalue weighted by atomic mass is 16.7. The Balaban J connectivity index is 2.53. The number of carbonyl (C=O) groups is 3. The van der Waals surface area contributed by atoms with Gasteiger partial charge in [-0.2, -0.15) is 0 Å². The van der Waals surface area contributed by atoms with E-state index in [1.807, 2.05) is 30.3 Å². The first kappa shape index (κ1) is 21.6. The van der Waals surface area contributed by atoms with Gasteiger partial charge in [0.25, 0.3) is 0 Å². The number of esters is 2. The van der Waals surface area contributed by atoms with E-state index in [1.165, 1.54) is 7.11 Å². The topological polar surface area (TPSA) is 111 Å². The minimum absolute atomic E-state index is 0.0588. The molecule has 0 saturated carbocycles. The molecule has 0 radical (unpaired) electrons. The van der Waals surface area contributed by atoms with Gasteiger partial charge in [-0.25, -0.2) is 0 Å². The monoisotopic (exact) mass is 367 g/mol. The molecule has 0 aliphatic carbocycles. The van der Waals surface area contributed by atoms with E-state index in [1.54, 1.807) is 13.8 Å². The van der Waals surface area contributed by atoms with Crippen molar-refractivity contribution in [1.82, 2.24) is 5.32 Å². The summed E-state index contributed by atoms with van der Waals surface area (Å²) in [6, 6.07) is 8.02. The number of benzene rings is 1. The Labute approximate surface area is 152 Å². The standard InChI is InChI=1S/C18H25NO7/c1-18(2,10-16(21)25-11-13-7-5-4-6-8-13)19-14(17(22)23)9-15(20)26-12-24-3/h4-8,14,19H,9-12H2,1-3H3,(H,22,23)/t14-/m0/s1. The Morgan fingerprint density at radius 3 is 2.35 bits per heavy atom. The SMILES string of the molecule is COCOC(=O)C[C@H](NC(C)(C)CC(=O)OCc1ccccc1)C(=O)O. The quantitative estimate of drug-likeness (QED) is 0.447. The van der Waals surface area contributed by atoms with Gasteiger partial charge in [0.15, 0.2) is 6.79 Å². The molecule has 0 aliphatic rings. The lowest BCUT2D eigenvalue weighted by molar-refractivity contribution is -0.158. The maximum absolute atomic E-state index is 12.0. The molecule has 2 N–H and O–H groups in total. The molecule has 26 heavy (non-hydrogen) atoms. The van der Waals surface area contributed by atoms with Gasteiger partial charge in [-0.3, -0.25) is 19.7 Å². The Kier molecular flexibility index (Phi) is 8.74. The van der Waals surface area contributed by atoms with Crippen molar-refractivity contribution in [3.05, 3.63) is 35.9 Å². The fourth-order valence-electron chi connectivity index (χ4n) is 2.22. The molecule has 0 heterocycles. The molecule has 0 fully saturated rings. The zero-order valence-corrected chi connectivity index (χ0v) is 15.2. The molecule has 0 bridgehead atoms. The van der Waals surface area contributed by atoms with E-state index in [0.717, 1.165) is 5.56 Å². The van der Waals surface area contributed by atoms with Gasteiger partial charge in [-0.15, -0.1) is 0 Å². The predicted octanol–water partition coefficient (Wildman–Crippen LogP) is 1.48. The van der Waals surface area contributed by atoms with E-state index in [4.69, 9.17) is 9.47 Å². The minimum atomic E-state index is -1.22. The van der Waals surface area contributed by atoms with Crippen molar-refractivity contribution >= 4 is 17.9 Å². The van der Waals surface area contributed by atoms with Crippen LogP contribution in [-0.2, 0) is 35.2 Å². The average Bonchev–Trinajstić information content (AvgIpc) is 2.57. The number of aliphatic carboxylic acids is 1. The van der Waals surface area contributed by atoms with Crippen LogP contribution in [0.1, 0.15) is 32.3 Å². The normalized spacial score (nSPS) is 12.3. The molecule has 8 heteroatoms. The molecule has 0 aliphatic heterocycles. The van der Waals surface area contributed by atoms with Crippen molar-refractivity contribution in [1.29, 1.82) is 0 Å². The number of rotatable bonds is 11. The highest BCUT2D eigenvalue weighted by Gasteiger charge is 2.31. The molecule has 8 nitrogen and oxygen atoms in total. The lowest BCUT2D eigenvalue weighted by Crippen LogP contribution is -2.51. The van der Waals surface area contributed by atoms with Crippen LogP contribution in [0.4, 0.5) is 0 Å². The molecule has 144 valence electrons. The second-order valence-electron chi connectivity index (χ2n) is 6.37. The number of ether oxygens (including phenoxy) is 3. The van der Waals surface area contributed by atoms with Gasteiger partial charge in [0.1, 0.15) is 12.6 Å². The molecule has 0 unspecified atom stereocenters. The Hall–Kier alpha value is -2.45. The maximum atomic E-state index is 12.0. The third-order valence-corrected chi connectivity index (χ3v) is 3.40. The summed E-state index contributed by atoms with van der Waals surface area (Å²) in [7, 11) is 1.35. The second kappa shape index (κ2) is 10.5. The van der Waals surface area contributed by atoms with Gasteiger partial charge in [0.05, 0.1) is 12.8 Å². The van der Waals surface area contributed by atoms with Gasteiger partial charge in [-0.05, 0) is 19.4 Å². The van der Waals surface area contributed by atoms with Crippen LogP contribution in [0.5, 0.6) is 0 Å². The number of hydrogen-bond acceptors (Lipinski definition) is 7. The van der Waals surface area contributed by atoms with Crippen LogP contribution >= 0.6 is 0 Å². The first-order chi connectivity index (χ1) is 12.2. The molecule has 0 spiro atoms. The number of hydrogen-bond donors (Lipinski definition) is 2. The van der Waals surface area contributed by atoms with Crippen molar-refractivity contribution in [2.45, 2.75) is 44.9 Å². The van der Waals surface area contributed by atoms with E-state index in [2.05, 4.69) is 10.1 Å². The van der Waals surface area contributed by atoms with Crippen LogP contribution in [0.3, 0.4) is 0 Å². The second-order valence-corrected chi connectivity index (χ2v) is 6.37. The highest BCUT2D eigenvalue weighted by molar-refractivity contribution is 5.81. The number of carboxylic acids is 1. The minimum Gasteiger partial charge on any atom is -0.480 e. The lowest BCUT2D eigenvalue weighted by atomic mass is 9.98. The fraction of sp³-hybridized carbons (Fsp3) is 0.500. The smallest absolute Gasteiger partial charge is 0.321 e. The Morgan fingerprint density at radius 2 is 1.77 bits per heavy atom. The van der Waals surface area contributed by atoms with Gasteiger partial charge in [0.2, 0.25) is 0 Å². The van der Waals surface area contributed by atoms with E-state index in [9.17, 15) is 19.5 Å². The van der Waals surface area contributed by atoms with Crippen LogP contribution in [0.2, 0.25) is 0 Å². The largest absolute Gasteiger partial charge is 0.480 e. The summed E-state index contributed by atoms with van der Waals surface area (Å²) in [6.07, 6.45) is -0.447. The molecule has 0 aromatic heterocycles. The van der Waals surface area contributed by atoms with Gasteiger partial charge in [0, 0.05) is 12.6 Å². The van der Waals surface area contributed by atoms with Gasteiger partial charge in [-0.1, -0.05) is 30.3 Å². The first-order valence-electron chi connectivity index (χ1n) is 8.08. The zero-order valence-electron chi connectivity index (χ0n) is 15.2. The van der Waals surface area contributed by atoms with E-state index >= 15 is 0 Å².